The number of aromatic hydroxyl groups is 1. The molecule has 6 aliphatic carbocycles. The van der Waals surface area contributed by atoms with Gasteiger partial charge in [-0.15, -0.1) is 0 Å². The minimum absolute atomic E-state index is 0.0881. The second-order valence-corrected chi connectivity index (χ2v) is 17.3. The quantitative estimate of drug-likeness (QED) is 0.190. The maximum absolute atomic E-state index is 11.8. The molecule has 4 saturated carbocycles. The zero-order valence-electron chi connectivity index (χ0n) is 32.6. The summed E-state index contributed by atoms with van der Waals surface area (Å²) in [5, 5.41) is 38.4. The summed E-state index contributed by atoms with van der Waals surface area (Å²) in [6.45, 7) is 6.11. The van der Waals surface area contributed by atoms with Crippen molar-refractivity contribution in [3.05, 3.63) is 58.7 Å². The number of hydrogen-bond donors (Lipinski definition) is 4. The lowest BCUT2D eigenvalue weighted by atomic mass is 9.55. The fourth-order valence-corrected chi connectivity index (χ4v) is 11.6. The molecule has 0 bridgehead atoms. The molecule has 0 radical (unpaired) electrons. The van der Waals surface area contributed by atoms with Crippen LogP contribution in [0.5, 0.6) is 11.5 Å². The van der Waals surface area contributed by atoms with Gasteiger partial charge in [-0.3, -0.25) is 9.59 Å². The lowest BCUT2D eigenvalue weighted by Crippen LogP contribution is -2.43. The third-order valence-corrected chi connectivity index (χ3v) is 14.3. The summed E-state index contributed by atoms with van der Waals surface area (Å²) >= 11 is 0. The number of carbonyl (C=O) groups excluding carboxylic acids is 3. The summed E-state index contributed by atoms with van der Waals surface area (Å²) in [4.78, 5) is 42.1. The molecule has 0 heterocycles. The highest BCUT2D eigenvalue weighted by Gasteiger charge is 2.55. The molecule has 6 unspecified atom stereocenters. The number of fused-ring (bicyclic) bond motifs is 10. The number of esters is 3. The minimum atomic E-state index is -1.14. The van der Waals surface area contributed by atoms with Crippen molar-refractivity contribution in [1.29, 1.82) is 0 Å². The van der Waals surface area contributed by atoms with Crippen LogP contribution in [0.4, 0.5) is 0 Å². The number of rotatable bonds is 5. The van der Waals surface area contributed by atoms with Crippen molar-refractivity contribution in [3.63, 3.8) is 0 Å². The summed E-state index contributed by atoms with van der Waals surface area (Å²) in [5.41, 5.74) is 5.72. The third kappa shape index (κ3) is 8.58. The molecule has 6 aliphatic rings. The molecule has 11 nitrogen and oxygen atoms in total. The van der Waals surface area contributed by atoms with Gasteiger partial charge in [0.1, 0.15) is 11.5 Å². The van der Waals surface area contributed by atoms with E-state index in [1.807, 2.05) is 24.3 Å². The SMILES string of the molecule is CC(=O)OCC(=O)O.CC(=O)OCC(=O)Oc1ccc2c(c1)CCC1C2CC[C@@]2(C)C1CC[C@@H]2O.C[C@]12CCC3c4ccc(O)cc4CCC3C1CC[C@@H]2O. The van der Waals surface area contributed by atoms with E-state index >= 15 is 0 Å². The molecule has 0 aliphatic heterocycles. The summed E-state index contributed by atoms with van der Waals surface area (Å²) in [6, 6.07) is 11.9. The number of carboxylic acids is 1. The fraction of sp³-hybridized carbons (Fsp3) is 0.636. The number of carboxylic acid groups (broad SMARTS) is 1. The molecular weight excluding hydrogens is 704 g/mol. The molecule has 2 aromatic rings. The molecule has 8 rings (SSSR count). The number of phenolic OH excluding ortho intramolecular Hbond substituents is 1. The van der Waals surface area contributed by atoms with E-state index in [9.17, 15) is 34.5 Å². The molecule has 0 aromatic heterocycles. The molecule has 10 atom stereocenters. The summed E-state index contributed by atoms with van der Waals surface area (Å²) < 4.78 is 14.1. The maximum Gasteiger partial charge on any atom is 0.349 e. The van der Waals surface area contributed by atoms with Crippen LogP contribution < -0.4 is 4.74 Å². The number of benzene rings is 2. The molecule has 11 heteroatoms. The Bertz CT molecular complexity index is 1740. The number of ether oxygens (including phenoxy) is 3. The molecule has 2 aromatic carbocycles. The predicted octanol–water partition coefficient (Wildman–Crippen LogP) is 6.62. The second kappa shape index (κ2) is 16.6. The lowest BCUT2D eigenvalue weighted by molar-refractivity contribution is -0.153. The molecule has 55 heavy (non-hydrogen) atoms. The van der Waals surface area contributed by atoms with Crippen LogP contribution in [0.1, 0.15) is 126 Å². The third-order valence-electron chi connectivity index (χ3n) is 14.3. The van der Waals surface area contributed by atoms with Gasteiger partial charge in [0.05, 0.1) is 12.2 Å². The molecule has 0 spiro atoms. The van der Waals surface area contributed by atoms with Gasteiger partial charge in [0.15, 0.2) is 13.2 Å². The zero-order valence-corrected chi connectivity index (χ0v) is 32.6. The Kier molecular flexibility index (Phi) is 12.3. The van der Waals surface area contributed by atoms with Crippen molar-refractivity contribution in [3.8, 4) is 11.5 Å². The summed E-state index contributed by atoms with van der Waals surface area (Å²) in [7, 11) is 0. The van der Waals surface area contributed by atoms with Gasteiger partial charge in [0, 0.05) is 13.8 Å². The van der Waals surface area contributed by atoms with E-state index < -0.39 is 30.5 Å². The van der Waals surface area contributed by atoms with Gasteiger partial charge in [-0.1, -0.05) is 26.0 Å². The summed E-state index contributed by atoms with van der Waals surface area (Å²) in [5.74, 6) is 2.03. The standard InChI is InChI=1S/C22H28O5.C18H24O2.C4H6O4/c1-13(23)26-12-21(25)27-15-4-6-16-14(11-15)3-5-18-17(16)9-10-22(2)19(18)7-8-20(22)24;1-18-9-8-14-13-5-3-12(19)10-11(13)2-4-15(14)16(18)6-7-17(18)20;1-3(5)8-2-4(6)7/h4,6,11,17-20,24H,3,5,7-10,12H2,1-2H3;3,5,10,14-17,19-20H,2,4,6-9H2,1H3;2H2,1H3,(H,6,7)/t17?,18?,19?,20-,22-;14?,15?,16?,17-,18-;/m00./s1. The number of aliphatic hydroxyl groups excluding tert-OH is 2. The van der Waals surface area contributed by atoms with Crippen LogP contribution in [0.3, 0.4) is 0 Å². The first kappa shape index (κ1) is 40.7. The van der Waals surface area contributed by atoms with Gasteiger partial charge in [-0.2, -0.15) is 0 Å². The maximum atomic E-state index is 11.8. The van der Waals surface area contributed by atoms with Gasteiger partial charge >= 0.3 is 23.9 Å². The van der Waals surface area contributed by atoms with E-state index in [0.717, 1.165) is 70.6 Å². The van der Waals surface area contributed by atoms with E-state index in [0.29, 0.717) is 41.1 Å². The van der Waals surface area contributed by atoms with Crippen LogP contribution in [0.25, 0.3) is 0 Å². The van der Waals surface area contributed by atoms with E-state index in [1.54, 1.807) is 0 Å². The van der Waals surface area contributed by atoms with Gasteiger partial charge in [-0.25, -0.2) is 9.59 Å². The van der Waals surface area contributed by atoms with Gasteiger partial charge < -0.3 is 34.6 Å². The molecule has 4 fully saturated rings. The highest BCUT2D eigenvalue weighted by atomic mass is 16.6. The molecule has 0 amide bonds. The molecule has 0 saturated heterocycles. The first-order valence-electron chi connectivity index (χ1n) is 20.1. The predicted molar refractivity (Wildman–Crippen MR) is 202 cm³/mol. The van der Waals surface area contributed by atoms with Gasteiger partial charge in [0.2, 0.25) is 0 Å². The number of carbonyl (C=O) groups is 4. The largest absolute Gasteiger partial charge is 0.508 e. The highest BCUT2D eigenvalue weighted by Crippen LogP contribution is 2.62. The van der Waals surface area contributed by atoms with Crippen LogP contribution in [0.15, 0.2) is 36.4 Å². The lowest BCUT2D eigenvalue weighted by Gasteiger charge is -2.50. The number of aliphatic hydroxyl groups is 2. The Morgan fingerprint density at radius 2 is 1.16 bits per heavy atom. The highest BCUT2D eigenvalue weighted by molar-refractivity contribution is 5.77. The van der Waals surface area contributed by atoms with Gasteiger partial charge in [-0.05, 0) is 170 Å². The normalized spacial score (nSPS) is 33.5. The van der Waals surface area contributed by atoms with Gasteiger partial charge in [0.25, 0.3) is 0 Å². The summed E-state index contributed by atoms with van der Waals surface area (Å²) in [6.07, 6.45) is 13.0. The Labute approximate surface area is 323 Å². The molecule has 300 valence electrons. The Morgan fingerprint density at radius 3 is 1.65 bits per heavy atom. The smallest absolute Gasteiger partial charge is 0.349 e. The van der Waals surface area contributed by atoms with Crippen LogP contribution >= 0.6 is 0 Å². The van der Waals surface area contributed by atoms with Crippen molar-refractivity contribution >= 4 is 23.9 Å². The number of hydrogen-bond acceptors (Lipinski definition) is 10. The Hall–Kier alpha value is -3.96. The monoisotopic (exact) mass is 762 g/mol. The number of phenols is 1. The van der Waals surface area contributed by atoms with Crippen LogP contribution in [-0.4, -0.2) is 69.7 Å². The van der Waals surface area contributed by atoms with Crippen LogP contribution in [0, 0.1) is 34.5 Å². The van der Waals surface area contributed by atoms with E-state index in [-0.39, 0.29) is 29.6 Å². The zero-order chi connectivity index (χ0) is 39.7. The van der Waals surface area contributed by atoms with Crippen molar-refractivity contribution < 1.29 is 53.8 Å². The topological polar surface area (TPSA) is 177 Å². The van der Waals surface area contributed by atoms with Crippen LogP contribution in [0.2, 0.25) is 0 Å². The Morgan fingerprint density at radius 1 is 0.673 bits per heavy atom. The Balaban J connectivity index is 0.000000161. The average Bonchev–Trinajstić information content (AvgIpc) is 3.63. The molecule has 4 N–H and O–H groups in total. The van der Waals surface area contributed by atoms with E-state index in [1.165, 1.54) is 48.4 Å². The van der Waals surface area contributed by atoms with E-state index in [2.05, 4.69) is 35.5 Å². The average molecular weight is 763 g/mol. The van der Waals surface area contributed by atoms with Crippen LogP contribution in [-0.2, 0) is 41.5 Å². The molecular formula is C44H58O11. The first-order chi connectivity index (χ1) is 26.1. The van der Waals surface area contributed by atoms with Crippen molar-refractivity contribution in [1.82, 2.24) is 0 Å². The number of aliphatic carboxylic acids is 1. The second-order valence-electron chi connectivity index (χ2n) is 17.3. The van der Waals surface area contributed by atoms with Crippen molar-refractivity contribution in [2.75, 3.05) is 13.2 Å². The minimum Gasteiger partial charge on any atom is -0.508 e. The van der Waals surface area contributed by atoms with Crippen molar-refractivity contribution in [2.24, 2.45) is 34.5 Å². The first-order valence-corrected chi connectivity index (χ1v) is 20.1. The fourth-order valence-electron chi connectivity index (χ4n) is 11.6. The number of aryl methyl sites for hydroxylation is 2. The van der Waals surface area contributed by atoms with E-state index in [4.69, 9.17) is 9.84 Å². The van der Waals surface area contributed by atoms with Crippen molar-refractivity contribution in [2.45, 2.75) is 129 Å².